The Balaban J connectivity index is 1.90. The van der Waals surface area contributed by atoms with Gasteiger partial charge in [-0.25, -0.2) is 9.59 Å². The van der Waals surface area contributed by atoms with Crippen LogP contribution in [-0.4, -0.2) is 40.6 Å². The fraction of sp³-hybridized carbons (Fsp3) is 0.818. The fourth-order valence-corrected chi connectivity index (χ4v) is 2.26. The van der Waals surface area contributed by atoms with Crippen LogP contribution in [0.5, 0.6) is 0 Å². The van der Waals surface area contributed by atoms with Crippen LogP contribution in [0.4, 0.5) is 4.79 Å². The van der Waals surface area contributed by atoms with Gasteiger partial charge in [-0.1, -0.05) is 0 Å². The van der Waals surface area contributed by atoms with E-state index in [9.17, 15) is 9.59 Å². The SMILES string of the molecule is CC(NC(=O)N1CCCC1C(=O)O)C1CC1. The number of carboxylic acids is 1. The number of hydrogen-bond donors (Lipinski definition) is 2. The van der Waals surface area contributed by atoms with Gasteiger partial charge < -0.3 is 15.3 Å². The van der Waals surface area contributed by atoms with E-state index in [1.165, 1.54) is 17.7 Å². The number of aliphatic carboxylic acids is 1. The van der Waals surface area contributed by atoms with E-state index in [1.807, 2.05) is 6.92 Å². The number of carbonyl (C=O) groups is 2. The zero-order chi connectivity index (χ0) is 11.7. The molecule has 2 aliphatic rings. The van der Waals surface area contributed by atoms with E-state index in [0.29, 0.717) is 18.9 Å². The van der Waals surface area contributed by atoms with Gasteiger partial charge >= 0.3 is 12.0 Å². The largest absolute Gasteiger partial charge is 0.480 e. The quantitative estimate of drug-likeness (QED) is 0.755. The van der Waals surface area contributed by atoms with Crippen LogP contribution in [0, 0.1) is 5.92 Å². The molecule has 2 N–H and O–H groups in total. The van der Waals surface area contributed by atoms with Gasteiger partial charge in [0.2, 0.25) is 0 Å². The van der Waals surface area contributed by atoms with E-state index in [2.05, 4.69) is 5.32 Å². The minimum atomic E-state index is -0.897. The predicted molar refractivity (Wildman–Crippen MR) is 58.1 cm³/mol. The van der Waals surface area contributed by atoms with Crippen molar-refractivity contribution in [2.45, 2.75) is 44.7 Å². The van der Waals surface area contributed by atoms with Crippen LogP contribution in [-0.2, 0) is 4.79 Å². The van der Waals surface area contributed by atoms with Crippen molar-refractivity contribution in [2.24, 2.45) is 5.92 Å². The zero-order valence-electron chi connectivity index (χ0n) is 9.48. The summed E-state index contributed by atoms with van der Waals surface area (Å²) in [5.41, 5.74) is 0. The summed E-state index contributed by atoms with van der Waals surface area (Å²) in [4.78, 5) is 24.2. The van der Waals surface area contributed by atoms with Crippen molar-refractivity contribution >= 4 is 12.0 Å². The van der Waals surface area contributed by atoms with Gasteiger partial charge in [0.25, 0.3) is 0 Å². The van der Waals surface area contributed by atoms with Crippen molar-refractivity contribution in [2.75, 3.05) is 6.54 Å². The van der Waals surface area contributed by atoms with Crippen molar-refractivity contribution in [1.82, 2.24) is 10.2 Å². The lowest BCUT2D eigenvalue weighted by Crippen LogP contribution is -2.48. The van der Waals surface area contributed by atoms with Gasteiger partial charge in [-0.3, -0.25) is 0 Å². The molecule has 2 amide bonds. The van der Waals surface area contributed by atoms with E-state index in [1.54, 1.807) is 0 Å². The van der Waals surface area contributed by atoms with Crippen LogP contribution in [0.2, 0.25) is 0 Å². The molecule has 2 fully saturated rings. The van der Waals surface area contributed by atoms with E-state index >= 15 is 0 Å². The van der Waals surface area contributed by atoms with E-state index in [-0.39, 0.29) is 12.1 Å². The highest BCUT2D eigenvalue weighted by Crippen LogP contribution is 2.32. The van der Waals surface area contributed by atoms with Gasteiger partial charge in [-0.2, -0.15) is 0 Å². The first kappa shape index (κ1) is 11.2. The molecule has 0 aromatic carbocycles. The summed E-state index contributed by atoms with van der Waals surface area (Å²) in [7, 11) is 0. The first-order valence-electron chi connectivity index (χ1n) is 5.89. The maximum Gasteiger partial charge on any atom is 0.326 e. The lowest BCUT2D eigenvalue weighted by Gasteiger charge is -2.24. The molecule has 5 nitrogen and oxygen atoms in total. The van der Waals surface area contributed by atoms with Gasteiger partial charge in [0.15, 0.2) is 0 Å². The molecule has 1 saturated heterocycles. The van der Waals surface area contributed by atoms with E-state index in [0.717, 1.165) is 6.42 Å². The molecule has 1 heterocycles. The zero-order valence-corrected chi connectivity index (χ0v) is 9.48. The number of carboxylic acid groups (broad SMARTS) is 1. The molecule has 1 aliphatic heterocycles. The van der Waals surface area contributed by atoms with Gasteiger partial charge in [0.1, 0.15) is 6.04 Å². The Bertz CT molecular complexity index is 302. The van der Waals surface area contributed by atoms with Crippen LogP contribution >= 0.6 is 0 Å². The molecule has 0 radical (unpaired) electrons. The topological polar surface area (TPSA) is 69.6 Å². The second-order valence-corrected chi connectivity index (χ2v) is 4.77. The normalized spacial score (nSPS) is 26.6. The fourth-order valence-electron chi connectivity index (χ4n) is 2.26. The molecule has 5 heteroatoms. The van der Waals surface area contributed by atoms with Gasteiger partial charge in [-0.15, -0.1) is 0 Å². The van der Waals surface area contributed by atoms with Crippen LogP contribution in [0.15, 0.2) is 0 Å². The van der Waals surface area contributed by atoms with E-state index in [4.69, 9.17) is 5.11 Å². The van der Waals surface area contributed by atoms with E-state index < -0.39 is 12.0 Å². The number of nitrogens with one attached hydrogen (secondary N) is 1. The minimum absolute atomic E-state index is 0.169. The molecule has 2 unspecified atom stereocenters. The first-order chi connectivity index (χ1) is 7.59. The minimum Gasteiger partial charge on any atom is -0.480 e. The number of likely N-dealkylation sites (tertiary alicyclic amines) is 1. The summed E-state index contributed by atoms with van der Waals surface area (Å²) < 4.78 is 0. The highest BCUT2D eigenvalue weighted by atomic mass is 16.4. The van der Waals surface area contributed by atoms with Crippen molar-refractivity contribution < 1.29 is 14.7 Å². The van der Waals surface area contributed by atoms with Crippen molar-refractivity contribution in [3.05, 3.63) is 0 Å². The highest BCUT2D eigenvalue weighted by Gasteiger charge is 2.36. The Kier molecular flexibility index (Phi) is 3.03. The first-order valence-corrected chi connectivity index (χ1v) is 5.89. The van der Waals surface area contributed by atoms with Gasteiger partial charge in [-0.05, 0) is 38.5 Å². The molecule has 1 saturated carbocycles. The van der Waals surface area contributed by atoms with Gasteiger partial charge in [0, 0.05) is 12.6 Å². The molecule has 1 aliphatic carbocycles. The van der Waals surface area contributed by atoms with Crippen LogP contribution in [0.1, 0.15) is 32.6 Å². The Morgan fingerprint density at radius 3 is 2.62 bits per heavy atom. The molecule has 90 valence electrons. The molecule has 2 atom stereocenters. The lowest BCUT2D eigenvalue weighted by atomic mass is 10.2. The Hall–Kier alpha value is -1.26. The summed E-state index contributed by atoms with van der Waals surface area (Å²) in [6.07, 6.45) is 3.69. The Morgan fingerprint density at radius 2 is 2.06 bits per heavy atom. The van der Waals surface area contributed by atoms with Crippen LogP contribution in [0.3, 0.4) is 0 Å². The molecular formula is C11H18N2O3. The highest BCUT2D eigenvalue weighted by molar-refractivity contribution is 5.83. The average molecular weight is 226 g/mol. The lowest BCUT2D eigenvalue weighted by molar-refractivity contribution is -0.141. The molecule has 2 rings (SSSR count). The Morgan fingerprint density at radius 1 is 1.38 bits per heavy atom. The standard InChI is InChI=1S/C11H18N2O3/c1-7(8-4-5-8)12-11(16)13-6-2-3-9(13)10(14)15/h7-9H,2-6H2,1H3,(H,12,16)(H,14,15). The number of urea groups is 1. The predicted octanol–water partition coefficient (Wildman–Crippen LogP) is 1.04. The molecule has 0 aromatic heterocycles. The number of nitrogens with zero attached hydrogens (tertiary/aromatic N) is 1. The smallest absolute Gasteiger partial charge is 0.326 e. The molecule has 0 spiro atoms. The maximum absolute atomic E-state index is 11.9. The van der Waals surface area contributed by atoms with Crippen molar-refractivity contribution in [3.8, 4) is 0 Å². The van der Waals surface area contributed by atoms with Crippen LogP contribution in [0.25, 0.3) is 0 Å². The number of amides is 2. The number of hydrogen-bond acceptors (Lipinski definition) is 2. The summed E-state index contributed by atoms with van der Waals surface area (Å²) in [5.74, 6) is -0.304. The van der Waals surface area contributed by atoms with Crippen molar-refractivity contribution in [3.63, 3.8) is 0 Å². The van der Waals surface area contributed by atoms with Crippen molar-refractivity contribution in [1.29, 1.82) is 0 Å². The maximum atomic E-state index is 11.9. The Labute approximate surface area is 94.8 Å². The molecule has 0 aromatic rings. The third-order valence-corrected chi connectivity index (χ3v) is 3.48. The number of carbonyl (C=O) groups excluding carboxylic acids is 1. The summed E-state index contributed by atoms with van der Waals surface area (Å²) in [6, 6.07) is -0.682. The number of rotatable bonds is 3. The summed E-state index contributed by atoms with van der Waals surface area (Å²) in [6.45, 7) is 2.54. The second kappa shape index (κ2) is 4.31. The third kappa shape index (κ3) is 2.28. The monoisotopic (exact) mass is 226 g/mol. The molecule has 0 bridgehead atoms. The third-order valence-electron chi connectivity index (χ3n) is 3.48. The second-order valence-electron chi connectivity index (χ2n) is 4.77. The van der Waals surface area contributed by atoms with Gasteiger partial charge in [0.05, 0.1) is 0 Å². The molecule has 16 heavy (non-hydrogen) atoms. The summed E-state index contributed by atoms with van der Waals surface area (Å²) in [5, 5.41) is 11.9. The average Bonchev–Trinajstić information content (AvgIpc) is 2.94. The summed E-state index contributed by atoms with van der Waals surface area (Å²) >= 11 is 0. The van der Waals surface area contributed by atoms with Crippen LogP contribution < -0.4 is 5.32 Å². The molecular weight excluding hydrogens is 208 g/mol.